The summed E-state index contributed by atoms with van der Waals surface area (Å²) in [4.78, 5) is 0. The number of unbranched alkanes of at least 4 members (excludes halogenated alkanes) is 2. The summed E-state index contributed by atoms with van der Waals surface area (Å²) in [5.41, 5.74) is 3.97. The predicted molar refractivity (Wildman–Crippen MR) is 125 cm³/mol. The molecule has 1 saturated carbocycles. The fourth-order valence-corrected chi connectivity index (χ4v) is 5.24. The van der Waals surface area contributed by atoms with Crippen LogP contribution in [0.2, 0.25) is 0 Å². The van der Waals surface area contributed by atoms with Crippen LogP contribution in [0.4, 0.5) is 0 Å². The molecule has 2 aliphatic rings. The fourth-order valence-electron chi connectivity index (χ4n) is 5.24. The summed E-state index contributed by atoms with van der Waals surface area (Å²) in [5.74, 6) is 1.20. The Bertz CT molecular complexity index is 723. The van der Waals surface area contributed by atoms with Gasteiger partial charge < -0.3 is 15.5 Å². The van der Waals surface area contributed by atoms with Crippen molar-refractivity contribution in [3.05, 3.63) is 59.2 Å². The lowest BCUT2D eigenvalue weighted by Gasteiger charge is -2.19. The van der Waals surface area contributed by atoms with Crippen molar-refractivity contribution in [2.24, 2.45) is 17.8 Å². The van der Waals surface area contributed by atoms with E-state index in [-0.39, 0.29) is 12.0 Å². The molecule has 0 aromatic heterocycles. The van der Waals surface area contributed by atoms with Crippen molar-refractivity contribution in [2.45, 2.75) is 84.0 Å². The number of nitrogens with one attached hydrogen (secondary N) is 1. The van der Waals surface area contributed by atoms with Gasteiger partial charge >= 0.3 is 0 Å². The SMILES string of the molecule is Cc1cccc(C[C@H](O)C=C[C@@H]2[C@H]3CC(CCCCCNC(C)C)=C[C@H]3C[C@H]2O)c1. The van der Waals surface area contributed by atoms with E-state index in [0.29, 0.717) is 24.3 Å². The Kier molecular flexibility index (Phi) is 8.73. The Labute approximate surface area is 183 Å². The molecule has 2 aliphatic carbocycles. The van der Waals surface area contributed by atoms with Gasteiger partial charge in [-0.05, 0) is 63.0 Å². The lowest BCUT2D eigenvalue weighted by atomic mass is 9.88. The Morgan fingerprint density at radius 2 is 2.03 bits per heavy atom. The smallest absolute Gasteiger partial charge is 0.0761 e. The first kappa shape index (κ1) is 23.2. The maximum Gasteiger partial charge on any atom is 0.0761 e. The van der Waals surface area contributed by atoms with E-state index in [2.05, 4.69) is 56.4 Å². The standard InChI is InChI=1S/C27H41NO2/c1-19(2)28-13-6-4-5-9-22-15-23-18-27(30)25(26(23)17-22)12-11-24(29)16-21-10-7-8-20(3)14-21/h7-8,10-12,14-15,19,23-30H,4-6,9,13,16-18H2,1-3H3/t23-,24+,25+,26-,27+/m0/s1. The van der Waals surface area contributed by atoms with Crippen LogP contribution in [0.25, 0.3) is 0 Å². The first-order chi connectivity index (χ1) is 14.4. The maximum atomic E-state index is 10.6. The van der Waals surface area contributed by atoms with Crippen LogP contribution in [0, 0.1) is 24.7 Å². The normalized spacial score (nSPS) is 27.1. The van der Waals surface area contributed by atoms with Gasteiger partial charge in [0.2, 0.25) is 0 Å². The van der Waals surface area contributed by atoms with Crippen molar-refractivity contribution in [3.63, 3.8) is 0 Å². The molecule has 0 saturated heterocycles. The van der Waals surface area contributed by atoms with Gasteiger partial charge in [0.25, 0.3) is 0 Å². The van der Waals surface area contributed by atoms with Crippen molar-refractivity contribution in [1.29, 1.82) is 0 Å². The summed E-state index contributed by atoms with van der Waals surface area (Å²) in [6, 6.07) is 8.89. The van der Waals surface area contributed by atoms with E-state index in [1.165, 1.54) is 31.2 Å². The van der Waals surface area contributed by atoms with E-state index in [9.17, 15) is 10.2 Å². The molecular formula is C27H41NO2. The summed E-state index contributed by atoms with van der Waals surface area (Å²) in [6.07, 6.45) is 13.3. The van der Waals surface area contributed by atoms with Gasteiger partial charge in [-0.2, -0.15) is 0 Å². The zero-order chi connectivity index (χ0) is 21.5. The Hall–Kier alpha value is -1.42. The number of hydrogen-bond donors (Lipinski definition) is 3. The molecule has 166 valence electrons. The highest BCUT2D eigenvalue weighted by Crippen LogP contribution is 2.48. The third-order valence-corrected chi connectivity index (χ3v) is 6.76. The lowest BCUT2D eigenvalue weighted by Crippen LogP contribution is -2.23. The topological polar surface area (TPSA) is 52.5 Å². The van der Waals surface area contributed by atoms with Crippen LogP contribution in [-0.2, 0) is 6.42 Å². The third kappa shape index (κ3) is 6.80. The van der Waals surface area contributed by atoms with Crippen molar-refractivity contribution in [3.8, 4) is 0 Å². The van der Waals surface area contributed by atoms with E-state index >= 15 is 0 Å². The first-order valence-electron chi connectivity index (χ1n) is 12.0. The van der Waals surface area contributed by atoms with Crippen LogP contribution in [0.3, 0.4) is 0 Å². The molecule has 1 aromatic rings. The average molecular weight is 412 g/mol. The summed E-state index contributed by atoms with van der Waals surface area (Å²) in [6.45, 7) is 7.59. The van der Waals surface area contributed by atoms with Crippen molar-refractivity contribution >= 4 is 0 Å². The van der Waals surface area contributed by atoms with Crippen molar-refractivity contribution in [1.82, 2.24) is 5.32 Å². The molecule has 1 fully saturated rings. The largest absolute Gasteiger partial charge is 0.392 e. The number of aliphatic hydroxyl groups excluding tert-OH is 2. The van der Waals surface area contributed by atoms with Gasteiger partial charge in [-0.15, -0.1) is 0 Å². The lowest BCUT2D eigenvalue weighted by molar-refractivity contribution is 0.140. The zero-order valence-corrected chi connectivity index (χ0v) is 19.1. The summed E-state index contributed by atoms with van der Waals surface area (Å²) >= 11 is 0. The molecular weight excluding hydrogens is 370 g/mol. The molecule has 30 heavy (non-hydrogen) atoms. The predicted octanol–water partition coefficient (Wildman–Crippen LogP) is 4.96. The molecule has 0 radical (unpaired) electrons. The second-order valence-electron chi connectivity index (χ2n) is 9.80. The summed E-state index contributed by atoms with van der Waals surface area (Å²) in [5, 5.41) is 24.5. The molecule has 3 heteroatoms. The second kappa shape index (κ2) is 11.3. The second-order valence-corrected chi connectivity index (χ2v) is 9.80. The van der Waals surface area contributed by atoms with Gasteiger partial charge in [0.15, 0.2) is 0 Å². The molecule has 1 aromatic carbocycles. The van der Waals surface area contributed by atoms with E-state index in [0.717, 1.165) is 24.9 Å². The van der Waals surface area contributed by atoms with Gasteiger partial charge in [-0.1, -0.05) is 73.9 Å². The molecule has 0 heterocycles. The maximum absolute atomic E-state index is 10.6. The van der Waals surface area contributed by atoms with Gasteiger partial charge in [-0.3, -0.25) is 0 Å². The summed E-state index contributed by atoms with van der Waals surface area (Å²) in [7, 11) is 0. The Balaban J connectivity index is 1.44. The molecule has 0 amide bonds. The number of fused-ring (bicyclic) bond motifs is 1. The third-order valence-electron chi connectivity index (χ3n) is 6.76. The van der Waals surface area contributed by atoms with Crippen molar-refractivity contribution < 1.29 is 10.2 Å². The summed E-state index contributed by atoms with van der Waals surface area (Å²) < 4.78 is 0. The van der Waals surface area contributed by atoms with Crippen LogP contribution < -0.4 is 5.32 Å². The highest BCUT2D eigenvalue weighted by molar-refractivity contribution is 5.24. The molecule has 3 nitrogen and oxygen atoms in total. The number of rotatable bonds is 11. The highest BCUT2D eigenvalue weighted by atomic mass is 16.3. The molecule has 0 aliphatic heterocycles. The molecule has 3 rings (SSSR count). The van der Waals surface area contributed by atoms with E-state index in [1.54, 1.807) is 5.57 Å². The van der Waals surface area contributed by atoms with Crippen LogP contribution >= 0.6 is 0 Å². The minimum atomic E-state index is -0.494. The highest BCUT2D eigenvalue weighted by Gasteiger charge is 2.43. The van der Waals surface area contributed by atoms with Gasteiger partial charge in [0.1, 0.15) is 0 Å². The minimum absolute atomic E-state index is 0.172. The molecule has 3 N–H and O–H groups in total. The Morgan fingerprint density at radius 1 is 1.20 bits per heavy atom. The molecule has 0 bridgehead atoms. The average Bonchev–Trinajstić information content (AvgIpc) is 3.19. The number of hydrogen-bond acceptors (Lipinski definition) is 3. The van der Waals surface area contributed by atoms with Crippen LogP contribution in [0.15, 0.2) is 48.1 Å². The van der Waals surface area contributed by atoms with Crippen molar-refractivity contribution in [2.75, 3.05) is 6.54 Å². The minimum Gasteiger partial charge on any atom is -0.392 e. The molecule has 0 spiro atoms. The monoisotopic (exact) mass is 411 g/mol. The number of aryl methyl sites for hydroxylation is 1. The fraction of sp³-hybridized carbons (Fsp3) is 0.630. The van der Waals surface area contributed by atoms with Gasteiger partial charge in [0.05, 0.1) is 12.2 Å². The number of benzene rings is 1. The Morgan fingerprint density at radius 3 is 2.80 bits per heavy atom. The van der Waals surface area contributed by atoms with E-state index in [1.807, 2.05) is 12.1 Å². The number of allylic oxidation sites excluding steroid dienone is 2. The van der Waals surface area contributed by atoms with E-state index in [4.69, 9.17) is 0 Å². The zero-order valence-electron chi connectivity index (χ0n) is 19.1. The molecule has 5 atom stereocenters. The number of aliphatic hydroxyl groups is 2. The van der Waals surface area contributed by atoms with Crippen LogP contribution in [0.1, 0.15) is 63.5 Å². The van der Waals surface area contributed by atoms with Crippen LogP contribution in [-0.4, -0.2) is 35.0 Å². The van der Waals surface area contributed by atoms with E-state index < -0.39 is 6.10 Å². The van der Waals surface area contributed by atoms with Gasteiger partial charge in [0, 0.05) is 18.4 Å². The van der Waals surface area contributed by atoms with Gasteiger partial charge in [-0.25, -0.2) is 0 Å². The quantitative estimate of drug-likeness (QED) is 0.356. The molecule has 0 unspecified atom stereocenters. The van der Waals surface area contributed by atoms with Crippen LogP contribution in [0.5, 0.6) is 0 Å². The first-order valence-corrected chi connectivity index (χ1v) is 12.0.